The topological polar surface area (TPSA) is 47.6 Å². The van der Waals surface area contributed by atoms with Gasteiger partial charge in [0.25, 0.3) is 5.91 Å². The SMILES string of the molecule is COc1ccc(C(=O)NCC(OC)c2cccc(F)c2)cc1. The van der Waals surface area contributed by atoms with Crippen molar-refractivity contribution in [1.29, 1.82) is 0 Å². The van der Waals surface area contributed by atoms with E-state index in [0.29, 0.717) is 16.9 Å². The molecule has 0 aliphatic rings. The fourth-order valence-electron chi connectivity index (χ4n) is 2.07. The van der Waals surface area contributed by atoms with Gasteiger partial charge in [-0.3, -0.25) is 4.79 Å². The summed E-state index contributed by atoms with van der Waals surface area (Å²) in [4.78, 5) is 12.1. The fraction of sp³-hybridized carbons (Fsp3) is 0.235. The molecule has 0 fully saturated rings. The van der Waals surface area contributed by atoms with Crippen molar-refractivity contribution in [2.24, 2.45) is 0 Å². The number of carbonyl (C=O) groups excluding carboxylic acids is 1. The molecule has 0 spiro atoms. The molecule has 0 saturated carbocycles. The monoisotopic (exact) mass is 303 g/mol. The van der Waals surface area contributed by atoms with Gasteiger partial charge < -0.3 is 14.8 Å². The lowest BCUT2D eigenvalue weighted by Gasteiger charge is -2.16. The van der Waals surface area contributed by atoms with E-state index in [0.717, 1.165) is 0 Å². The van der Waals surface area contributed by atoms with Gasteiger partial charge in [0.1, 0.15) is 11.6 Å². The first-order chi connectivity index (χ1) is 10.6. The van der Waals surface area contributed by atoms with Crippen molar-refractivity contribution >= 4 is 5.91 Å². The molecule has 0 aliphatic heterocycles. The Balaban J connectivity index is 1.99. The van der Waals surface area contributed by atoms with Crippen molar-refractivity contribution in [3.8, 4) is 5.75 Å². The van der Waals surface area contributed by atoms with E-state index in [1.165, 1.54) is 19.2 Å². The molecular weight excluding hydrogens is 285 g/mol. The average molecular weight is 303 g/mol. The molecule has 1 amide bonds. The number of carbonyl (C=O) groups is 1. The van der Waals surface area contributed by atoms with Gasteiger partial charge in [-0.1, -0.05) is 12.1 Å². The van der Waals surface area contributed by atoms with Crippen LogP contribution in [0.25, 0.3) is 0 Å². The minimum absolute atomic E-state index is 0.221. The molecule has 2 aromatic rings. The van der Waals surface area contributed by atoms with Crippen LogP contribution in [-0.2, 0) is 4.74 Å². The van der Waals surface area contributed by atoms with Crippen LogP contribution in [0, 0.1) is 5.82 Å². The van der Waals surface area contributed by atoms with Gasteiger partial charge in [-0.2, -0.15) is 0 Å². The summed E-state index contributed by atoms with van der Waals surface area (Å²) in [6, 6.07) is 12.9. The van der Waals surface area contributed by atoms with Crippen LogP contribution in [0.3, 0.4) is 0 Å². The quantitative estimate of drug-likeness (QED) is 0.892. The molecule has 0 heterocycles. The summed E-state index contributed by atoms with van der Waals surface area (Å²) in [5.74, 6) is 0.133. The Labute approximate surface area is 128 Å². The van der Waals surface area contributed by atoms with Crippen molar-refractivity contribution < 1.29 is 18.7 Å². The highest BCUT2D eigenvalue weighted by atomic mass is 19.1. The number of halogens is 1. The number of rotatable bonds is 6. The standard InChI is InChI=1S/C17H18FNO3/c1-21-15-8-6-12(7-9-15)17(20)19-11-16(22-2)13-4-3-5-14(18)10-13/h3-10,16H,11H2,1-2H3,(H,19,20). The molecule has 0 aromatic heterocycles. The normalized spacial score (nSPS) is 11.8. The van der Waals surface area contributed by atoms with E-state index in [9.17, 15) is 9.18 Å². The van der Waals surface area contributed by atoms with Crippen LogP contribution >= 0.6 is 0 Å². The molecule has 0 radical (unpaired) electrons. The highest BCUT2D eigenvalue weighted by molar-refractivity contribution is 5.94. The van der Waals surface area contributed by atoms with Crippen molar-refractivity contribution in [3.63, 3.8) is 0 Å². The van der Waals surface area contributed by atoms with Gasteiger partial charge in [-0.15, -0.1) is 0 Å². The third-order valence-corrected chi connectivity index (χ3v) is 3.31. The summed E-state index contributed by atoms with van der Waals surface area (Å²) in [7, 11) is 3.09. The Morgan fingerprint density at radius 3 is 2.50 bits per heavy atom. The molecule has 22 heavy (non-hydrogen) atoms. The number of hydrogen-bond donors (Lipinski definition) is 1. The minimum Gasteiger partial charge on any atom is -0.497 e. The van der Waals surface area contributed by atoms with Crippen LogP contribution in [0.1, 0.15) is 22.0 Å². The van der Waals surface area contributed by atoms with E-state index in [4.69, 9.17) is 9.47 Å². The van der Waals surface area contributed by atoms with Gasteiger partial charge in [-0.05, 0) is 42.0 Å². The zero-order valence-corrected chi connectivity index (χ0v) is 12.5. The zero-order chi connectivity index (χ0) is 15.9. The molecule has 2 aromatic carbocycles. The number of methoxy groups -OCH3 is 2. The molecular formula is C17H18FNO3. The molecule has 1 unspecified atom stereocenters. The van der Waals surface area contributed by atoms with E-state index in [2.05, 4.69) is 5.32 Å². The number of benzene rings is 2. The molecule has 1 N–H and O–H groups in total. The molecule has 0 bridgehead atoms. The number of amides is 1. The summed E-state index contributed by atoms with van der Waals surface area (Å²) in [6.45, 7) is 0.255. The third-order valence-electron chi connectivity index (χ3n) is 3.31. The van der Waals surface area contributed by atoms with Gasteiger partial charge >= 0.3 is 0 Å². The summed E-state index contributed by atoms with van der Waals surface area (Å²) >= 11 is 0. The van der Waals surface area contributed by atoms with Crippen molar-refractivity contribution in [2.75, 3.05) is 20.8 Å². The second-order valence-corrected chi connectivity index (χ2v) is 4.72. The minimum atomic E-state index is -0.405. The summed E-state index contributed by atoms with van der Waals surface area (Å²) in [5.41, 5.74) is 1.20. The fourth-order valence-corrected chi connectivity index (χ4v) is 2.07. The van der Waals surface area contributed by atoms with Crippen LogP contribution < -0.4 is 10.1 Å². The Hall–Kier alpha value is -2.40. The highest BCUT2D eigenvalue weighted by Crippen LogP contribution is 2.17. The second kappa shape index (κ2) is 7.56. The second-order valence-electron chi connectivity index (χ2n) is 4.72. The first-order valence-corrected chi connectivity index (χ1v) is 6.84. The van der Waals surface area contributed by atoms with E-state index in [1.807, 2.05) is 0 Å². The predicted molar refractivity (Wildman–Crippen MR) is 81.5 cm³/mol. The Kier molecular flexibility index (Phi) is 5.49. The maximum atomic E-state index is 13.2. The number of hydrogen-bond acceptors (Lipinski definition) is 3. The molecule has 116 valence electrons. The van der Waals surface area contributed by atoms with E-state index in [-0.39, 0.29) is 18.3 Å². The van der Waals surface area contributed by atoms with Crippen molar-refractivity contribution in [3.05, 3.63) is 65.5 Å². The molecule has 5 heteroatoms. The molecule has 2 rings (SSSR count). The van der Waals surface area contributed by atoms with E-state index < -0.39 is 6.10 Å². The van der Waals surface area contributed by atoms with Crippen molar-refractivity contribution in [2.45, 2.75) is 6.10 Å². The maximum absolute atomic E-state index is 13.2. The summed E-state index contributed by atoms with van der Waals surface area (Å²) in [6.07, 6.45) is -0.405. The first-order valence-electron chi connectivity index (χ1n) is 6.84. The molecule has 0 saturated heterocycles. The van der Waals surface area contributed by atoms with E-state index in [1.54, 1.807) is 43.5 Å². The van der Waals surface area contributed by atoms with Crippen LogP contribution in [0.15, 0.2) is 48.5 Å². The highest BCUT2D eigenvalue weighted by Gasteiger charge is 2.13. The van der Waals surface area contributed by atoms with Gasteiger partial charge in [0, 0.05) is 19.2 Å². The maximum Gasteiger partial charge on any atom is 0.251 e. The Morgan fingerprint density at radius 1 is 1.18 bits per heavy atom. The molecule has 4 nitrogen and oxygen atoms in total. The zero-order valence-electron chi connectivity index (χ0n) is 12.5. The molecule has 0 aliphatic carbocycles. The molecule has 1 atom stereocenters. The first kappa shape index (κ1) is 16.0. The number of ether oxygens (including phenoxy) is 2. The summed E-state index contributed by atoms with van der Waals surface area (Å²) < 4.78 is 23.6. The van der Waals surface area contributed by atoms with Crippen LogP contribution in [-0.4, -0.2) is 26.7 Å². The van der Waals surface area contributed by atoms with Crippen LogP contribution in [0.5, 0.6) is 5.75 Å². The summed E-state index contributed by atoms with van der Waals surface area (Å²) in [5, 5.41) is 2.78. The number of nitrogens with one attached hydrogen (secondary N) is 1. The lowest BCUT2D eigenvalue weighted by Crippen LogP contribution is -2.29. The Morgan fingerprint density at radius 2 is 1.91 bits per heavy atom. The smallest absolute Gasteiger partial charge is 0.251 e. The van der Waals surface area contributed by atoms with Gasteiger partial charge in [0.2, 0.25) is 0 Å². The van der Waals surface area contributed by atoms with Gasteiger partial charge in [-0.25, -0.2) is 4.39 Å². The van der Waals surface area contributed by atoms with Gasteiger partial charge in [0.15, 0.2) is 0 Å². The van der Waals surface area contributed by atoms with Crippen LogP contribution in [0.2, 0.25) is 0 Å². The lowest BCUT2D eigenvalue weighted by atomic mass is 10.1. The lowest BCUT2D eigenvalue weighted by molar-refractivity contribution is 0.0827. The third kappa shape index (κ3) is 4.05. The van der Waals surface area contributed by atoms with E-state index >= 15 is 0 Å². The Bertz CT molecular complexity index is 628. The predicted octanol–water partition coefficient (Wildman–Crippen LogP) is 2.95. The average Bonchev–Trinajstić information content (AvgIpc) is 2.55. The largest absolute Gasteiger partial charge is 0.497 e. The van der Waals surface area contributed by atoms with Gasteiger partial charge in [0.05, 0.1) is 13.2 Å². The van der Waals surface area contributed by atoms with Crippen molar-refractivity contribution in [1.82, 2.24) is 5.32 Å². The van der Waals surface area contributed by atoms with Crippen LogP contribution in [0.4, 0.5) is 4.39 Å².